The van der Waals surface area contributed by atoms with Crippen molar-refractivity contribution in [3.63, 3.8) is 0 Å². The monoisotopic (exact) mass is 396 g/mol. The van der Waals surface area contributed by atoms with Crippen molar-refractivity contribution in [2.75, 3.05) is 5.32 Å². The van der Waals surface area contributed by atoms with Gasteiger partial charge in [-0.3, -0.25) is 9.98 Å². The van der Waals surface area contributed by atoms with E-state index in [4.69, 9.17) is 5.14 Å². The minimum absolute atomic E-state index is 0.0750. The maximum atomic E-state index is 13.2. The van der Waals surface area contributed by atoms with E-state index in [9.17, 15) is 17.2 Å². The molecule has 1 aromatic rings. The number of alkyl halides is 2. The van der Waals surface area contributed by atoms with Crippen molar-refractivity contribution in [2.24, 2.45) is 15.1 Å². The number of nitrogens with one attached hydrogen (secondary N) is 1. The number of nitrogens with two attached hydrogens (primary N) is 1. The maximum absolute atomic E-state index is 13.2. The molecule has 1 aromatic carbocycles. The van der Waals surface area contributed by atoms with Crippen molar-refractivity contribution in [1.29, 1.82) is 0 Å². The topological polar surface area (TPSA) is 96.9 Å². The first-order valence-electron chi connectivity index (χ1n) is 7.94. The van der Waals surface area contributed by atoms with Crippen molar-refractivity contribution in [3.8, 4) is 0 Å². The Morgan fingerprint density at radius 1 is 1.33 bits per heavy atom. The molecule has 0 atom stereocenters. The third kappa shape index (κ3) is 7.63. The van der Waals surface area contributed by atoms with Crippen LogP contribution in [0.4, 0.5) is 14.5 Å². The third-order valence-corrected chi connectivity index (χ3v) is 4.26. The molecule has 0 aliphatic rings. The Labute approximate surface area is 158 Å². The van der Waals surface area contributed by atoms with Crippen LogP contribution in [-0.4, -0.2) is 27.8 Å². The molecule has 6 nitrogen and oxygen atoms in total. The molecule has 0 unspecified atom stereocenters. The fourth-order valence-electron chi connectivity index (χ4n) is 1.79. The Kier molecular flexibility index (Phi) is 8.70. The van der Waals surface area contributed by atoms with Gasteiger partial charge in [-0.1, -0.05) is 19.1 Å². The van der Waals surface area contributed by atoms with Crippen LogP contribution in [0.15, 0.2) is 74.5 Å². The largest absolute Gasteiger partial charge is 0.360 e. The van der Waals surface area contributed by atoms with Gasteiger partial charge in [-0.2, -0.15) is 0 Å². The van der Waals surface area contributed by atoms with E-state index in [1.807, 2.05) is 13.0 Å². The number of allylic oxidation sites excluding steroid dienone is 5. The van der Waals surface area contributed by atoms with E-state index in [1.54, 1.807) is 13.0 Å². The number of primary sulfonamides is 1. The molecule has 9 heteroatoms. The van der Waals surface area contributed by atoms with E-state index in [0.717, 1.165) is 12.6 Å². The summed E-state index contributed by atoms with van der Waals surface area (Å²) in [4.78, 5) is 7.54. The Bertz CT molecular complexity index is 871. The number of nitrogens with zero attached hydrogens (tertiary/aromatic N) is 2. The van der Waals surface area contributed by atoms with E-state index >= 15 is 0 Å². The first kappa shape index (κ1) is 22.4. The van der Waals surface area contributed by atoms with Crippen LogP contribution in [-0.2, 0) is 10.0 Å². The minimum atomic E-state index is -3.81. The molecular formula is C18H22F2N4O2S. The van der Waals surface area contributed by atoms with Crippen LogP contribution < -0.4 is 10.5 Å². The fourth-order valence-corrected chi connectivity index (χ4v) is 2.31. The van der Waals surface area contributed by atoms with Crippen LogP contribution in [0.2, 0.25) is 0 Å². The molecule has 0 bridgehead atoms. The summed E-state index contributed by atoms with van der Waals surface area (Å²) in [6, 6.07) is 5.35. The highest BCUT2D eigenvalue weighted by molar-refractivity contribution is 7.89. The quantitative estimate of drug-likeness (QED) is 0.490. The summed E-state index contributed by atoms with van der Waals surface area (Å²) in [5.74, 6) is 0. The molecule has 0 heterocycles. The molecule has 0 fully saturated rings. The number of hydrogen-bond acceptors (Lipinski definition) is 5. The normalized spacial score (nSPS) is 14.1. The lowest BCUT2D eigenvalue weighted by atomic mass is 10.2. The number of rotatable bonds is 9. The van der Waals surface area contributed by atoms with Gasteiger partial charge in [0.1, 0.15) is 5.70 Å². The van der Waals surface area contributed by atoms with Crippen molar-refractivity contribution in [1.82, 2.24) is 0 Å². The lowest BCUT2D eigenvalue weighted by Crippen LogP contribution is -2.11. The molecule has 0 radical (unpaired) electrons. The molecule has 0 aliphatic heterocycles. The third-order valence-electron chi connectivity index (χ3n) is 3.33. The molecule has 0 saturated heterocycles. The number of aliphatic imine (C=N–C) groups is 2. The van der Waals surface area contributed by atoms with E-state index in [2.05, 4.69) is 22.0 Å². The van der Waals surface area contributed by atoms with Gasteiger partial charge in [0.15, 0.2) is 0 Å². The molecule has 0 aliphatic carbocycles. The van der Waals surface area contributed by atoms with E-state index < -0.39 is 22.1 Å². The average Bonchev–Trinajstić information content (AvgIpc) is 2.62. The van der Waals surface area contributed by atoms with Gasteiger partial charge in [0, 0.05) is 29.4 Å². The van der Waals surface area contributed by atoms with Crippen molar-refractivity contribution < 1.29 is 17.2 Å². The summed E-state index contributed by atoms with van der Waals surface area (Å²) in [7, 11) is -3.81. The van der Waals surface area contributed by atoms with Crippen LogP contribution in [0.3, 0.4) is 0 Å². The van der Waals surface area contributed by atoms with Gasteiger partial charge in [-0.25, -0.2) is 22.3 Å². The molecule has 1 rings (SSSR count). The first-order valence-corrected chi connectivity index (χ1v) is 9.49. The fraction of sp³-hybridized carbons (Fsp3) is 0.222. The maximum Gasteiger partial charge on any atom is 0.281 e. The summed E-state index contributed by atoms with van der Waals surface area (Å²) in [5, 5.41) is 7.66. The van der Waals surface area contributed by atoms with Crippen molar-refractivity contribution in [3.05, 3.63) is 59.6 Å². The Morgan fingerprint density at radius 2 is 1.96 bits per heavy atom. The molecule has 0 aromatic heterocycles. The van der Waals surface area contributed by atoms with Crippen LogP contribution >= 0.6 is 0 Å². The number of sulfonamides is 1. The highest BCUT2D eigenvalue weighted by atomic mass is 32.2. The number of anilines is 1. The number of hydrogen-bond donors (Lipinski definition) is 2. The van der Waals surface area contributed by atoms with E-state index in [1.165, 1.54) is 30.5 Å². The summed E-state index contributed by atoms with van der Waals surface area (Å²) >= 11 is 0. The molecular weight excluding hydrogens is 374 g/mol. The highest BCUT2D eigenvalue weighted by Crippen LogP contribution is 2.16. The second kappa shape index (κ2) is 10.5. The Hall–Kier alpha value is -2.65. The van der Waals surface area contributed by atoms with Crippen LogP contribution in [0.25, 0.3) is 0 Å². The van der Waals surface area contributed by atoms with Gasteiger partial charge >= 0.3 is 0 Å². The predicted octanol–water partition coefficient (Wildman–Crippen LogP) is 3.86. The molecule has 0 amide bonds. The summed E-state index contributed by atoms with van der Waals surface area (Å²) in [6.45, 7) is 7.06. The number of benzene rings is 1. The van der Waals surface area contributed by atoms with Gasteiger partial charge in [-0.15, -0.1) is 0 Å². The zero-order valence-electron chi connectivity index (χ0n) is 15.1. The first-order chi connectivity index (χ1) is 12.7. The van der Waals surface area contributed by atoms with Gasteiger partial charge in [-0.05, 0) is 44.3 Å². The predicted molar refractivity (Wildman–Crippen MR) is 106 cm³/mol. The average molecular weight is 396 g/mol. The minimum Gasteiger partial charge on any atom is -0.360 e. The molecule has 0 spiro atoms. The second-order valence-corrected chi connectivity index (χ2v) is 6.91. The lowest BCUT2D eigenvalue weighted by Gasteiger charge is -2.05. The standard InChI is InChI=1S/C18H22F2N4O2S/c1-4-5-6-14(13(2)22-3)11-24-17(18(19)20)12-23-15-7-9-16(10-8-15)27(21,25)26/h5-12,18,23H,3-4H2,1-2H3,(H2,21,25,26)/b6-5-,14-13+,17-12-,24-11-. The number of halogens is 2. The van der Waals surface area contributed by atoms with Crippen LogP contribution in [0.1, 0.15) is 20.3 Å². The van der Waals surface area contributed by atoms with E-state index in [0.29, 0.717) is 17.0 Å². The van der Waals surface area contributed by atoms with Crippen LogP contribution in [0, 0.1) is 0 Å². The lowest BCUT2D eigenvalue weighted by molar-refractivity contribution is 0.188. The van der Waals surface area contributed by atoms with E-state index in [-0.39, 0.29) is 4.90 Å². The van der Waals surface area contributed by atoms with Gasteiger partial charge in [0.05, 0.1) is 4.90 Å². The molecule has 146 valence electrons. The zero-order valence-corrected chi connectivity index (χ0v) is 15.9. The highest BCUT2D eigenvalue weighted by Gasteiger charge is 2.10. The summed E-state index contributed by atoms with van der Waals surface area (Å²) in [6.07, 6.45) is 3.88. The van der Waals surface area contributed by atoms with Crippen molar-refractivity contribution >= 4 is 28.6 Å². The molecule has 27 heavy (non-hydrogen) atoms. The second-order valence-electron chi connectivity index (χ2n) is 5.35. The van der Waals surface area contributed by atoms with Gasteiger partial charge in [0.25, 0.3) is 6.43 Å². The zero-order chi connectivity index (χ0) is 20.4. The summed E-state index contributed by atoms with van der Waals surface area (Å²) < 4.78 is 48.9. The molecule has 3 N–H and O–H groups in total. The Morgan fingerprint density at radius 3 is 2.44 bits per heavy atom. The SMILES string of the molecule is C=N/C(C)=C(\C=C/CC)/C=N\C(=C/Nc1ccc(S(N)(=O)=O)cc1)C(F)F. The van der Waals surface area contributed by atoms with Gasteiger partial charge < -0.3 is 5.32 Å². The van der Waals surface area contributed by atoms with Crippen LogP contribution in [0.5, 0.6) is 0 Å². The molecule has 0 saturated carbocycles. The van der Waals surface area contributed by atoms with Gasteiger partial charge in [0.2, 0.25) is 10.0 Å². The Balaban J connectivity index is 3.04. The van der Waals surface area contributed by atoms with Crippen molar-refractivity contribution in [2.45, 2.75) is 31.6 Å². The smallest absolute Gasteiger partial charge is 0.281 e. The summed E-state index contributed by atoms with van der Waals surface area (Å²) in [5.41, 5.74) is 1.03.